The van der Waals surface area contributed by atoms with Gasteiger partial charge in [-0.15, -0.1) is 0 Å². The fourth-order valence-electron chi connectivity index (χ4n) is 3.76. The molecule has 7 heteroatoms. The maximum absolute atomic E-state index is 12.2. The number of aliphatic hydroxyl groups is 1. The van der Waals surface area contributed by atoms with Crippen molar-refractivity contribution < 1.29 is 24.5 Å². The van der Waals surface area contributed by atoms with E-state index in [0.29, 0.717) is 28.4 Å². The van der Waals surface area contributed by atoms with Gasteiger partial charge in [0.15, 0.2) is 6.61 Å². The van der Waals surface area contributed by atoms with Crippen molar-refractivity contribution in [1.29, 1.82) is 0 Å². The van der Waals surface area contributed by atoms with Crippen molar-refractivity contribution in [3.63, 3.8) is 0 Å². The summed E-state index contributed by atoms with van der Waals surface area (Å²) >= 11 is 0. The van der Waals surface area contributed by atoms with Gasteiger partial charge in [0, 0.05) is 17.5 Å². The van der Waals surface area contributed by atoms with Crippen LogP contribution in [-0.2, 0) is 17.9 Å². The van der Waals surface area contributed by atoms with Crippen molar-refractivity contribution in [1.82, 2.24) is 4.57 Å². The Labute approximate surface area is 171 Å². The van der Waals surface area contributed by atoms with Crippen LogP contribution in [0.3, 0.4) is 0 Å². The molecule has 0 aliphatic heterocycles. The molecule has 1 amide bonds. The van der Waals surface area contributed by atoms with E-state index in [1.54, 1.807) is 18.2 Å². The van der Waals surface area contributed by atoms with Crippen LogP contribution >= 0.6 is 0 Å². The molecule has 0 unspecified atom stereocenters. The third kappa shape index (κ3) is 3.46. The van der Waals surface area contributed by atoms with E-state index in [9.17, 15) is 14.7 Å². The quantitative estimate of drug-likeness (QED) is 0.438. The van der Waals surface area contributed by atoms with Gasteiger partial charge in [-0.3, -0.25) is 4.79 Å². The number of hydrogen-bond acceptors (Lipinski definition) is 4. The van der Waals surface area contributed by atoms with Gasteiger partial charge in [0.25, 0.3) is 0 Å². The van der Waals surface area contributed by atoms with Gasteiger partial charge in [0.2, 0.25) is 5.91 Å². The molecular formula is C23H20N2O5. The van der Waals surface area contributed by atoms with Gasteiger partial charge in [0.1, 0.15) is 5.75 Å². The highest BCUT2D eigenvalue weighted by atomic mass is 16.5. The zero-order valence-corrected chi connectivity index (χ0v) is 16.0. The van der Waals surface area contributed by atoms with E-state index >= 15 is 0 Å². The van der Waals surface area contributed by atoms with E-state index in [2.05, 4.69) is 0 Å². The predicted molar refractivity (Wildman–Crippen MR) is 113 cm³/mol. The van der Waals surface area contributed by atoms with Crippen LogP contribution in [0.5, 0.6) is 5.75 Å². The van der Waals surface area contributed by atoms with Gasteiger partial charge >= 0.3 is 5.97 Å². The van der Waals surface area contributed by atoms with Gasteiger partial charge in [0.05, 0.1) is 23.0 Å². The first kappa shape index (κ1) is 19.5. The van der Waals surface area contributed by atoms with Gasteiger partial charge in [-0.1, -0.05) is 36.4 Å². The summed E-state index contributed by atoms with van der Waals surface area (Å²) in [7, 11) is 0. The van der Waals surface area contributed by atoms with Crippen molar-refractivity contribution in [3.8, 4) is 5.75 Å². The van der Waals surface area contributed by atoms with Crippen LogP contribution in [0.15, 0.2) is 60.7 Å². The number of carboxylic acid groups (broad SMARTS) is 1. The molecule has 0 saturated carbocycles. The average molecular weight is 404 g/mol. The van der Waals surface area contributed by atoms with Crippen LogP contribution in [0, 0.1) is 0 Å². The molecule has 4 N–H and O–H groups in total. The summed E-state index contributed by atoms with van der Waals surface area (Å²) in [4.78, 5) is 23.3. The van der Waals surface area contributed by atoms with Crippen LogP contribution < -0.4 is 10.5 Å². The molecule has 0 fully saturated rings. The Balaban J connectivity index is 2.08. The molecule has 30 heavy (non-hydrogen) atoms. The van der Waals surface area contributed by atoms with Gasteiger partial charge in [-0.2, -0.15) is 0 Å². The van der Waals surface area contributed by atoms with E-state index in [1.165, 1.54) is 0 Å². The molecular weight excluding hydrogens is 384 g/mol. The number of aliphatic hydroxyl groups excluding tert-OH is 1. The lowest BCUT2D eigenvalue weighted by Gasteiger charge is -2.11. The monoisotopic (exact) mass is 404 g/mol. The lowest BCUT2D eigenvalue weighted by Crippen LogP contribution is -2.12. The predicted octanol–water partition coefficient (Wildman–Crippen LogP) is 2.90. The number of aromatic nitrogens is 1. The van der Waals surface area contributed by atoms with Crippen LogP contribution in [-0.4, -0.2) is 33.3 Å². The minimum atomic E-state index is -1.12. The third-order valence-electron chi connectivity index (χ3n) is 5.00. The van der Waals surface area contributed by atoms with Gasteiger partial charge in [-0.25, -0.2) is 4.79 Å². The topological polar surface area (TPSA) is 115 Å². The molecule has 0 saturated heterocycles. The first-order valence-electron chi connectivity index (χ1n) is 9.36. The summed E-state index contributed by atoms with van der Waals surface area (Å²) in [6, 6.07) is 18.5. The lowest BCUT2D eigenvalue weighted by molar-refractivity contribution is -0.139. The maximum atomic E-state index is 12.2. The zero-order chi connectivity index (χ0) is 21.3. The Kier molecular flexibility index (Phi) is 5.12. The molecule has 1 heterocycles. The number of aliphatic carboxylic acids is 1. The fraction of sp³-hybridized carbons (Fsp3) is 0.130. The van der Waals surface area contributed by atoms with Gasteiger partial charge in [-0.05, 0) is 35.4 Å². The van der Waals surface area contributed by atoms with Crippen LogP contribution in [0.25, 0.3) is 21.8 Å². The lowest BCUT2D eigenvalue weighted by atomic mass is 10.0. The van der Waals surface area contributed by atoms with E-state index in [-0.39, 0.29) is 12.4 Å². The van der Waals surface area contributed by atoms with Crippen LogP contribution in [0.1, 0.15) is 21.5 Å². The molecule has 4 aromatic rings. The summed E-state index contributed by atoms with van der Waals surface area (Å²) in [5, 5.41) is 20.0. The Bertz CT molecular complexity index is 1260. The number of benzene rings is 3. The number of nitrogens with zero attached hydrogens (tertiary/aromatic N) is 1. The number of carbonyl (C=O) groups is 2. The number of primary amides is 1. The van der Waals surface area contributed by atoms with E-state index in [0.717, 1.165) is 16.6 Å². The second-order valence-corrected chi connectivity index (χ2v) is 6.96. The molecule has 0 atom stereocenters. The average Bonchev–Trinajstić information content (AvgIpc) is 3.06. The Morgan fingerprint density at radius 2 is 1.70 bits per heavy atom. The standard InChI is InChI=1S/C23H20N2O5/c24-23(29)16-7-4-8-17-21(16)22-18(25(17)11-14-5-2-1-3-6-14)9-15(12-26)10-19(22)30-13-20(27)28/h1-10,26H,11-13H2,(H2,24,29)(H,27,28). The molecule has 152 valence electrons. The number of hydrogen-bond donors (Lipinski definition) is 3. The number of nitrogens with two attached hydrogens (primary N) is 1. The minimum Gasteiger partial charge on any atom is -0.481 e. The van der Waals surface area contributed by atoms with Gasteiger partial charge < -0.3 is 25.3 Å². The van der Waals surface area contributed by atoms with Crippen LogP contribution in [0.2, 0.25) is 0 Å². The number of carboxylic acids is 1. The smallest absolute Gasteiger partial charge is 0.341 e. The summed E-state index contributed by atoms with van der Waals surface area (Å²) in [6.45, 7) is -0.278. The first-order valence-corrected chi connectivity index (χ1v) is 9.36. The summed E-state index contributed by atoms with van der Waals surface area (Å²) in [5.74, 6) is -1.43. The zero-order valence-electron chi connectivity index (χ0n) is 16.0. The molecule has 0 radical (unpaired) electrons. The molecule has 0 spiro atoms. The van der Waals surface area contributed by atoms with E-state index < -0.39 is 18.5 Å². The molecule has 7 nitrogen and oxygen atoms in total. The first-order chi connectivity index (χ1) is 14.5. The highest BCUT2D eigenvalue weighted by Crippen LogP contribution is 2.39. The highest BCUT2D eigenvalue weighted by molar-refractivity contribution is 6.19. The third-order valence-corrected chi connectivity index (χ3v) is 5.00. The second kappa shape index (κ2) is 7.88. The van der Waals surface area contributed by atoms with Crippen molar-refractivity contribution in [2.24, 2.45) is 5.73 Å². The SMILES string of the molecule is NC(=O)c1cccc2c1c1c(OCC(=O)O)cc(CO)cc1n2Cc1ccccc1. The van der Waals surface area contributed by atoms with E-state index in [1.807, 2.05) is 47.0 Å². The Hall–Kier alpha value is -3.84. The number of ether oxygens (including phenoxy) is 1. The van der Waals surface area contributed by atoms with Crippen LogP contribution in [0.4, 0.5) is 0 Å². The summed E-state index contributed by atoms with van der Waals surface area (Å²) in [5.41, 5.74) is 9.05. The summed E-state index contributed by atoms with van der Waals surface area (Å²) < 4.78 is 7.57. The maximum Gasteiger partial charge on any atom is 0.341 e. The fourth-order valence-corrected chi connectivity index (χ4v) is 3.76. The summed E-state index contributed by atoms with van der Waals surface area (Å²) in [6.07, 6.45) is 0. The van der Waals surface area contributed by atoms with Crippen molar-refractivity contribution in [2.75, 3.05) is 6.61 Å². The molecule has 1 aromatic heterocycles. The Morgan fingerprint density at radius 1 is 0.933 bits per heavy atom. The minimum absolute atomic E-state index is 0.241. The van der Waals surface area contributed by atoms with Crippen molar-refractivity contribution >= 4 is 33.7 Å². The number of amides is 1. The normalized spacial score (nSPS) is 11.1. The van der Waals surface area contributed by atoms with Crippen molar-refractivity contribution in [2.45, 2.75) is 13.2 Å². The molecule has 4 rings (SSSR count). The molecule has 0 bridgehead atoms. The van der Waals surface area contributed by atoms with E-state index in [4.69, 9.17) is 15.6 Å². The molecule has 0 aliphatic rings. The number of rotatable bonds is 7. The van der Waals surface area contributed by atoms with Crippen molar-refractivity contribution in [3.05, 3.63) is 77.4 Å². The molecule has 3 aromatic carbocycles. The largest absolute Gasteiger partial charge is 0.481 e. The second-order valence-electron chi connectivity index (χ2n) is 6.96. The number of fused-ring (bicyclic) bond motifs is 3. The molecule has 0 aliphatic carbocycles. The number of carbonyl (C=O) groups excluding carboxylic acids is 1. The highest BCUT2D eigenvalue weighted by Gasteiger charge is 2.21. The Morgan fingerprint density at radius 3 is 2.37 bits per heavy atom.